The van der Waals surface area contributed by atoms with E-state index in [1.807, 2.05) is 6.92 Å². The number of aryl methyl sites for hydroxylation is 1. The molecule has 1 aromatic rings. The Kier molecular flexibility index (Phi) is 3.97. The van der Waals surface area contributed by atoms with Crippen molar-refractivity contribution in [2.24, 2.45) is 5.92 Å². The van der Waals surface area contributed by atoms with Crippen LogP contribution >= 0.6 is 0 Å². The first-order valence-corrected chi connectivity index (χ1v) is 6.24. The molecule has 1 aliphatic heterocycles. The van der Waals surface area contributed by atoms with Gasteiger partial charge in [0.15, 0.2) is 0 Å². The lowest BCUT2D eigenvalue weighted by molar-refractivity contribution is 0.0907. The number of benzene rings is 1. The molecule has 3 nitrogen and oxygen atoms in total. The Morgan fingerprint density at radius 2 is 2.33 bits per heavy atom. The molecule has 2 unspecified atom stereocenters. The molecule has 1 fully saturated rings. The number of rotatable bonds is 3. The van der Waals surface area contributed by atoms with E-state index in [9.17, 15) is 9.18 Å². The first-order valence-electron chi connectivity index (χ1n) is 6.24. The van der Waals surface area contributed by atoms with Gasteiger partial charge >= 0.3 is 0 Å². The summed E-state index contributed by atoms with van der Waals surface area (Å²) in [5, 5.41) is 2.88. The molecule has 2 atom stereocenters. The number of nitrogens with one attached hydrogen (secondary N) is 1. The summed E-state index contributed by atoms with van der Waals surface area (Å²) in [5.74, 6) is -0.0722. The highest BCUT2D eigenvalue weighted by atomic mass is 19.1. The molecule has 1 saturated heterocycles. The van der Waals surface area contributed by atoms with Gasteiger partial charge in [0.25, 0.3) is 5.91 Å². The maximum atomic E-state index is 13.1. The van der Waals surface area contributed by atoms with Gasteiger partial charge in [-0.3, -0.25) is 4.79 Å². The highest BCUT2D eigenvalue weighted by Crippen LogP contribution is 2.19. The van der Waals surface area contributed by atoms with Gasteiger partial charge in [0.05, 0.1) is 6.10 Å². The van der Waals surface area contributed by atoms with Crippen molar-refractivity contribution in [2.75, 3.05) is 13.2 Å². The molecule has 0 bridgehead atoms. The molecule has 98 valence electrons. The van der Waals surface area contributed by atoms with Gasteiger partial charge in [-0.1, -0.05) is 0 Å². The van der Waals surface area contributed by atoms with Crippen molar-refractivity contribution < 1.29 is 13.9 Å². The average molecular weight is 251 g/mol. The fourth-order valence-electron chi connectivity index (χ4n) is 2.16. The molecule has 0 spiro atoms. The number of ether oxygens (including phenoxy) is 1. The average Bonchev–Trinajstić information content (AvgIpc) is 2.75. The first kappa shape index (κ1) is 13.0. The summed E-state index contributed by atoms with van der Waals surface area (Å²) in [7, 11) is 0. The Morgan fingerprint density at radius 1 is 1.56 bits per heavy atom. The number of hydrogen-bond acceptors (Lipinski definition) is 2. The van der Waals surface area contributed by atoms with E-state index < -0.39 is 0 Å². The summed E-state index contributed by atoms with van der Waals surface area (Å²) in [5.41, 5.74) is 0.987. The summed E-state index contributed by atoms with van der Waals surface area (Å²) in [6.45, 7) is 5.04. The molecule has 1 aromatic carbocycles. The molecular formula is C14H18FNO2. The van der Waals surface area contributed by atoms with Crippen LogP contribution in [0.5, 0.6) is 0 Å². The maximum Gasteiger partial charge on any atom is 0.251 e. The molecule has 0 aromatic heterocycles. The quantitative estimate of drug-likeness (QED) is 0.895. The Hall–Kier alpha value is -1.42. The minimum absolute atomic E-state index is 0.155. The molecule has 0 saturated carbocycles. The second kappa shape index (κ2) is 5.48. The van der Waals surface area contributed by atoms with E-state index >= 15 is 0 Å². The van der Waals surface area contributed by atoms with E-state index in [-0.39, 0.29) is 17.8 Å². The molecule has 18 heavy (non-hydrogen) atoms. The lowest BCUT2D eigenvalue weighted by atomic mass is 10.0. The zero-order chi connectivity index (χ0) is 13.1. The third kappa shape index (κ3) is 2.88. The highest BCUT2D eigenvalue weighted by Gasteiger charge is 2.24. The highest BCUT2D eigenvalue weighted by molar-refractivity contribution is 5.94. The van der Waals surface area contributed by atoms with Gasteiger partial charge in [-0.15, -0.1) is 0 Å². The zero-order valence-corrected chi connectivity index (χ0v) is 10.7. The number of hydrogen-bond donors (Lipinski definition) is 1. The van der Waals surface area contributed by atoms with E-state index in [0.717, 1.165) is 13.0 Å². The molecular weight excluding hydrogens is 233 g/mol. The van der Waals surface area contributed by atoms with E-state index in [2.05, 4.69) is 5.32 Å². The van der Waals surface area contributed by atoms with E-state index in [0.29, 0.717) is 23.6 Å². The Labute approximate surface area is 106 Å². The van der Waals surface area contributed by atoms with Crippen molar-refractivity contribution in [2.45, 2.75) is 26.4 Å². The second-order valence-corrected chi connectivity index (χ2v) is 4.80. The van der Waals surface area contributed by atoms with Gasteiger partial charge in [-0.25, -0.2) is 4.39 Å². The molecule has 0 aliphatic carbocycles. The largest absolute Gasteiger partial charge is 0.378 e. The van der Waals surface area contributed by atoms with Crippen molar-refractivity contribution >= 4 is 5.91 Å². The van der Waals surface area contributed by atoms with Gasteiger partial charge in [-0.2, -0.15) is 0 Å². The number of carbonyl (C=O) groups excluding carboxylic acids is 1. The van der Waals surface area contributed by atoms with Crippen molar-refractivity contribution in [3.8, 4) is 0 Å². The summed E-state index contributed by atoms with van der Waals surface area (Å²) in [6.07, 6.45) is 1.17. The van der Waals surface area contributed by atoms with Crippen LogP contribution in [0.15, 0.2) is 18.2 Å². The summed E-state index contributed by atoms with van der Waals surface area (Å²) in [6, 6.07) is 4.40. The summed E-state index contributed by atoms with van der Waals surface area (Å²) < 4.78 is 18.5. The predicted molar refractivity (Wildman–Crippen MR) is 67.0 cm³/mol. The number of amides is 1. The Bertz CT molecular complexity index is 447. The van der Waals surface area contributed by atoms with Gasteiger partial charge in [-0.05, 0) is 44.0 Å². The van der Waals surface area contributed by atoms with E-state index in [1.165, 1.54) is 12.1 Å². The standard InChI is InChI=1S/C14H18FNO2/c1-9-7-11(3-4-13(9)15)14(17)16-8-12-5-6-18-10(12)2/h3-4,7,10,12H,5-6,8H2,1-2H3,(H,16,17). The predicted octanol–water partition coefficient (Wildman–Crippen LogP) is 2.29. The van der Waals surface area contributed by atoms with Crippen LogP contribution in [0.2, 0.25) is 0 Å². The molecule has 4 heteroatoms. The minimum Gasteiger partial charge on any atom is -0.378 e. The van der Waals surface area contributed by atoms with Crippen LogP contribution in [-0.2, 0) is 4.74 Å². The van der Waals surface area contributed by atoms with Gasteiger partial charge < -0.3 is 10.1 Å². The smallest absolute Gasteiger partial charge is 0.251 e. The summed E-state index contributed by atoms with van der Waals surface area (Å²) >= 11 is 0. The molecule has 1 N–H and O–H groups in total. The van der Waals surface area contributed by atoms with E-state index in [4.69, 9.17) is 4.74 Å². The molecule has 2 rings (SSSR count). The van der Waals surface area contributed by atoms with Crippen LogP contribution in [0.1, 0.15) is 29.3 Å². The van der Waals surface area contributed by atoms with Gasteiger partial charge in [0.1, 0.15) is 5.82 Å². The lowest BCUT2D eigenvalue weighted by Gasteiger charge is -2.14. The molecule has 1 heterocycles. The third-order valence-corrected chi connectivity index (χ3v) is 3.48. The van der Waals surface area contributed by atoms with Crippen molar-refractivity contribution in [3.05, 3.63) is 35.1 Å². The van der Waals surface area contributed by atoms with Crippen LogP contribution in [0.25, 0.3) is 0 Å². The van der Waals surface area contributed by atoms with Crippen molar-refractivity contribution in [1.29, 1.82) is 0 Å². The first-order chi connectivity index (χ1) is 8.58. The zero-order valence-electron chi connectivity index (χ0n) is 10.7. The SMILES string of the molecule is Cc1cc(C(=O)NCC2CCOC2C)ccc1F. The van der Waals surface area contributed by atoms with Crippen molar-refractivity contribution in [3.63, 3.8) is 0 Å². The fraction of sp³-hybridized carbons (Fsp3) is 0.500. The monoisotopic (exact) mass is 251 g/mol. The van der Waals surface area contributed by atoms with Gasteiger partial charge in [0, 0.05) is 24.6 Å². The van der Waals surface area contributed by atoms with Crippen LogP contribution in [0.3, 0.4) is 0 Å². The lowest BCUT2D eigenvalue weighted by Crippen LogP contribution is -2.32. The normalized spacial score (nSPS) is 23.1. The van der Waals surface area contributed by atoms with Crippen LogP contribution < -0.4 is 5.32 Å². The van der Waals surface area contributed by atoms with Crippen LogP contribution in [0, 0.1) is 18.7 Å². The Morgan fingerprint density at radius 3 is 2.94 bits per heavy atom. The minimum atomic E-state index is -0.288. The van der Waals surface area contributed by atoms with Crippen LogP contribution in [0.4, 0.5) is 4.39 Å². The summed E-state index contributed by atoms with van der Waals surface area (Å²) in [4.78, 5) is 11.9. The molecule has 1 aliphatic rings. The molecule has 1 amide bonds. The Balaban J connectivity index is 1.93. The topological polar surface area (TPSA) is 38.3 Å². The van der Waals surface area contributed by atoms with Crippen molar-refractivity contribution in [1.82, 2.24) is 5.32 Å². The van der Waals surface area contributed by atoms with Crippen LogP contribution in [-0.4, -0.2) is 25.2 Å². The second-order valence-electron chi connectivity index (χ2n) is 4.80. The van der Waals surface area contributed by atoms with Gasteiger partial charge in [0.2, 0.25) is 0 Å². The fourth-order valence-corrected chi connectivity index (χ4v) is 2.16. The van der Waals surface area contributed by atoms with E-state index in [1.54, 1.807) is 13.0 Å². The third-order valence-electron chi connectivity index (χ3n) is 3.48. The number of carbonyl (C=O) groups is 1. The molecule has 0 radical (unpaired) electrons. The number of halogens is 1. The maximum absolute atomic E-state index is 13.1.